The molecular formula is C18H26N4O2. The van der Waals surface area contributed by atoms with Gasteiger partial charge in [-0.25, -0.2) is 4.98 Å². The van der Waals surface area contributed by atoms with E-state index >= 15 is 0 Å². The second-order valence-corrected chi connectivity index (χ2v) is 6.39. The SMILES string of the molecule is CCn1ccnc1C(NC(=O)c1ccc(C)n1C)C1CCOCC1. The zero-order chi connectivity index (χ0) is 17.1. The van der Waals surface area contributed by atoms with E-state index in [4.69, 9.17) is 4.74 Å². The quantitative estimate of drug-likeness (QED) is 0.916. The smallest absolute Gasteiger partial charge is 0.268 e. The minimum Gasteiger partial charge on any atom is -0.381 e. The Hall–Kier alpha value is -2.08. The summed E-state index contributed by atoms with van der Waals surface area (Å²) in [4.78, 5) is 17.4. The third-order valence-electron chi connectivity index (χ3n) is 5.00. The van der Waals surface area contributed by atoms with E-state index in [1.807, 2.05) is 43.1 Å². The molecule has 3 heterocycles. The van der Waals surface area contributed by atoms with Gasteiger partial charge in [0, 0.05) is 44.9 Å². The van der Waals surface area contributed by atoms with E-state index in [-0.39, 0.29) is 11.9 Å². The Morgan fingerprint density at radius 1 is 1.42 bits per heavy atom. The molecule has 0 aromatic carbocycles. The number of imidazole rings is 1. The molecule has 130 valence electrons. The molecule has 2 aromatic rings. The van der Waals surface area contributed by atoms with Crippen LogP contribution >= 0.6 is 0 Å². The van der Waals surface area contributed by atoms with Gasteiger partial charge >= 0.3 is 0 Å². The summed E-state index contributed by atoms with van der Waals surface area (Å²) in [6, 6.07) is 3.75. The van der Waals surface area contributed by atoms with Crippen molar-refractivity contribution in [3.8, 4) is 0 Å². The van der Waals surface area contributed by atoms with E-state index < -0.39 is 0 Å². The highest BCUT2D eigenvalue weighted by Gasteiger charge is 2.30. The van der Waals surface area contributed by atoms with Crippen LogP contribution in [-0.2, 0) is 18.3 Å². The van der Waals surface area contributed by atoms with Gasteiger partial charge < -0.3 is 19.2 Å². The number of ether oxygens (including phenoxy) is 1. The molecule has 1 fully saturated rings. The van der Waals surface area contributed by atoms with Crippen molar-refractivity contribution < 1.29 is 9.53 Å². The summed E-state index contributed by atoms with van der Waals surface area (Å²) in [6.07, 6.45) is 5.66. The topological polar surface area (TPSA) is 61.1 Å². The molecule has 3 rings (SSSR count). The zero-order valence-electron chi connectivity index (χ0n) is 14.7. The van der Waals surface area contributed by atoms with Gasteiger partial charge in [-0.1, -0.05) is 0 Å². The summed E-state index contributed by atoms with van der Waals surface area (Å²) < 4.78 is 9.52. The number of carbonyl (C=O) groups is 1. The molecule has 24 heavy (non-hydrogen) atoms. The predicted molar refractivity (Wildman–Crippen MR) is 91.8 cm³/mol. The van der Waals surface area contributed by atoms with Crippen LogP contribution in [0.15, 0.2) is 24.5 Å². The number of rotatable bonds is 5. The molecule has 2 aromatic heterocycles. The maximum absolute atomic E-state index is 12.8. The Morgan fingerprint density at radius 3 is 2.79 bits per heavy atom. The monoisotopic (exact) mass is 330 g/mol. The number of hydrogen-bond acceptors (Lipinski definition) is 3. The summed E-state index contributed by atoms with van der Waals surface area (Å²) in [5.74, 6) is 1.23. The lowest BCUT2D eigenvalue weighted by Gasteiger charge is -2.31. The summed E-state index contributed by atoms with van der Waals surface area (Å²) in [6.45, 7) is 6.42. The molecule has 0 spiro atoms. The highest BCUT2D eigenvalue weighted by Crippen LogP contribution is 2.29. The Morgan fingerprint density at radius 2 is 2.17 bits per heavy atom. The van der Waals surface area contributed by atoms with Crippen molar-refractivity contribution in [2.45, 2.75) is 39.3 Å². The average Bonchev–Trinajstić information content (AvgIpc) is 3.20. The maximum atomic E-state index is 12.8. The van der Waals surface area contributed by atoms with Crippen molar-refractivity contribution in [1.29, 1.82) is 0 Å². The van der Waals surface area contributed by atoms with Crippen molar-refractivity contribution in [2.24, 2.45) is 13.0 Å². The first-order valence-electron chi connectivity index (χ1n) is 8.63. The van der Waals surface area contributed by atoms with Crippen molar-refractivity contribution in [1.82, 2.24) is 19.4 Å². The molecule has 6 nitrogen and oxygen atoms in total. The molecule has 0 aliphatic carbocycles. The number of aromatic nitrogens is 3. The molecule has 0 saturated carbocycles. The van der Waals surface area contributed by atoms with Gasteiger partial charge in [0.05, 0.1) is 6.04 Å². The fraction of sp³-hybridized carbons (Fsp3) is 0.556. The van der Waals surface area contributed by atoms with Gasteiger partial charge in [0.25, 0.3) is 5.91 Å². The van der Waals surface area contributed by atoms with Crippen LogP contribution in [-0.4, -0.2) is 33.2 Å². The van der Waals surface area contributed by atoms with Gasteiger partial charge in [-0.05, 0) is 44.7 Å². The third-order valence-corrected chi connectivity index (χ3v) is 5.00. The molecule has 1 saturated heterocycles. The van der Waals surface area contributed by atoms with Gasteiger partial charge in [-0.2, -0.15) is 0 Å². The lowest BCUT2D eigenvalue weighted by molar-refractivity contribution is 0.0497. The largest absolute Gasteiger partial charge is 0.381 e. The van der Waals surface area contributed by atoms with Crippen LogP contribution in [0.5, 0.6) is 0 Å². The normalized spacial score (nSPS) is 17.0. The summed E-state index contributed by atoms with van der Waals surface area (Å²) in [5, 5.41) is 3.24. The van der Waals surface area contributed by atoms with E-state index in [0.717, 1.165) is 44.1 Å². The van der Waals surface area contributed by atoms with Crippen LogP contribution in [0, 0.1) is 12.8 Å². The van der Waals surface area contributed by atoms with Gasteiger partial charge in [-0.15, -0.1) is 0 Å². The Kier molecular flexibility index (Phi) is 5.04. The Labute approximate surface area is 142 Å². The molecule has 1 unspecified atom stereocenters. The lowest BCUT2D eigenvalue weighted by atomic mass is 9.91. The first-order valence-corrected chi connectivity index (χ1v) is 8.63. The summed E-state index contributed by atoms with van der Waals surface area (Å²) in [7, 11) is 1.92. The standard InChI is InChI=1S/C18H26N4O2/c1-4-22-10-9-19-17(22)16(14-7-11-24-12-8-14)20-18(23)15-6-5-13(2)21(15)3/h5-6,9-10,14,16H,4,7-8,11-12H2,1-3H3,(H,20,23). The van der Waals surface area contributed by atoms with Crippen LogP contribution in [0.2, 0.25) is 0 Å². The first-order chi connectivity index (χ1) is 11.6. The number of hydrogen-bond donors (Lipinski definition) is 1. The summed E-state index contributed by atoms with van der Waals surface area (Å²) in [5.41, 5.74) is 1.75. The van der Waals surface area contributed by atoms with Crippen LogP contribution in [0.25, 0.3) is 0 Å². The van der Waals surface area contributed by atoms with Gasteiger partial charge in [0.2, 0.25) is 0 Å². The van der Waals surface area contributed by atoms with Gasteiger partial charge in [0.1, 0.15) is 11.5 Å². The average molecular weight is 330 g/mol. The Bertz CT molecular complexity index is 698. The minimum atomic E-state index is -0.0912. The van der Waals surface area contributed by atoms with Gasteiger partial charge in [0.15, 0.2) is 0 Å². The van der Waals surface area contributed by atoms with Crippen molar-refractivity contribution in [3.63, 3.8) is 0 Å². The van der Waals surface area contributed by atoms with Crippen molar-refractivity contribution in [3.05, 3.63) is 41.7 Å². The van der Waals surface area contributed by atoms with Gasteiger partial charge in [-0.3, -0.25) is 4.79 Å². The van der Waals surface area contributed by atoms with Crippen molar-refractivity contribution in [2.75, 3.05) is 13.2 Å². The zero-order valence-corrected chi connectivity index (χ0v) is 14.7. The number of nitrogens with one attached hydrogen (secondary N) is 1. The molecule has 0 radical (unpaired) electrons. The second-order valence-electron chi connectivity index (χ2n) is 6.39. The molecular weight excluding hydrogens is 304 g/mol. The van der Waals surface area contributed by atoms with Crippen LogP contribution in [0.4, 0.5) is 0 Å². The van der Waals surface area contributed by atoms with Crippen molar-refractivity contribution >= 4 is 5.91 Å². The molecule has 1 atom stereocenters. The van der Waals surface area contributed by atoms with E-state index in [1.165, 1.54) is 0 Å². The number of nitrogens with zero attached hydrogens (tertiary/aromatic N) is 3. The maximum Gasteiger partial charge on any atom is 0.268 e. The molecule has 6 heteroatoms. The molecule has 1 N–H and O–H groups in total. The molecule has 1 amide bonds. The second kappa shape index (κ2) is 7.21. The van der Waals surface area contributed by atoms with E-state index in [0.29, 0.717) is 11.6 Å². The molecule has 0 bridgehead atoms. The van der Waals surface area contributed by atoms with E-state index in [2.05, 4.69) is 21.8 Å². The highest BCUT2D eigenvalue weighted by atomic mass is 16.5. The Balaban J connectivity index is 1.87. The molecule has 1 aliphatic rings. The third kappa shape index (κ3) is 3.24. The number of aryl methyl sites for hydroxylation is 2. The fourth-order valence-corrected chi connectivity index (χ4v) is 3.37. The van der Waals surface area contributed by atoms with E-state index in [1.54, 1.807) is 0 Å². The van der Waals surface area contributed by atoms with Crippen LogP contribution in [0.1, 0.15) is 47.8 Å². The number of amides is 1. The highest BCUT2D eigenvalue weighted by molar-refractivity contribution is 5.93. The predicted octanol–water partition coefficient (Wildman–Crippen LogP) is 2.45. The van der Waals surface area contributed by atoms with Crippen LogP contribution < -0.4 is 5.32 Å². The number of carbonyl (C=O) groups excluding carboxylic acids is 1. The minimum absolute atomic E-state index is 0.0484. The van der Waals surface area contributed by atoms with E-state index in [9.17, 15) is 4.79 Å². The molecule has 1 aliphatic heterocycles. The lowest BCUT2D eigenvalue weighted by Crippen LogP contribution is -2.38. The van der Waals surface area contributed by atoms with Crippen LogP contribution in [0.3, 0.4) is 0 Å². The first kappa shape index (κ1) is 16.8. The fourth-order valence-electron chi connectivity index (χ4n) is 3.37. The summed E-state index contributed by atoms with van der Waals surface area (Å²) >= 11 is 0.